The molecule has 0 aliphatic heterocycles. The third-order valence-electron chi connectivity index (χ3n) is 3.96. The third-order valence-corrected chi connectivity index (χ3v) is 3.96. The van der Waals surface area contributed by atoms with E-state index in [0.29, 0.717) is 35.8 Å². The van der Waals surface area contributed by atoms with Crippen molar-refractivity contribution in [1.29, 1.82) is 0 Å². The molecular formula is C22H25N3O5. The van der Waals surface area contributed by atoms with Crippen LogP contribution < -0.4 is 25.0 Å². The van der Waals surface area contributed by atoms with E-state index < -0.39 is 11.8 Å². The van der Waals surface area contributed by atoms with Crippen LogP contribution in [-0.2, 0) is 16.0 Å². The van der Waals surface area contributed by atoms with Gasteiger partial charge < -0.3 is 19.5 Å². The SMILES string of the molecule is C=CCOc1cccc(/C=N\NC(=O)C(=O)NCCc2ccc(OC)c(OC)c2)c1. The molecule has 8 heteroatoms. The van der Waals surface area contributed by atoms with Crippen molar-refractivity contribution in [2.24, 2.45) is 5.10 Å². The maximum atomic E-state index is 11.9. The van der Waals surface area contributed by atoms with Crippen molar-refractivity contribution >= 4 is 18.0 Å². The highest BCUT2D eigenvalue weighted by Gasteiger charge is 2.12. The van der Waals surface area contributed by atoms with E-state index in [2.05, 4.69) is 22.4 Å². The number of amides is 2. The van der Waals surface area contributed by atoms with Crippen LogP contribution in [0.1, 0.15) is 11.1 Å². The number of hydrazone groups is 1. The van der Waals surface area contributed by atoms with E-state index in [4.69, 9.17) is 14.2 Å². The average Bonchev–Trinajstić information content (AvgIpc) is 2.77. The van der Waals surface area contributed by atoms with E-state index in [9.17, 15) is 9.59 Å². The maximum absolute atomic E-state index is 11.9. The number of methoxy groups -OCH3 is 2. The first kappa shape index (κ1) is 22.5. The van der Waals surface area contributed by atoms with Gasteiger partial charge in [0, 0.05) is 6.54 Å². The lowest BCUT2D eigenvalue weighted by Crippen LogP contribution is -2.38. The normalized spacial score (nSPS) is 10.3. The number of hydrogen-bond acceptors (Lipinski definition) is 6. The average molecular weight is 411 g/mol. The third kappa shape index (κ3) is 6.97. The standard InChI is InChI=1S/C22H25N3O5/c1-4-12-30-18-7-5-6-17(13-18)15-24-25-22(27)21(26)23-11-10-16-8-9-19(28-2)20(14-16)29-3/h4-9,13-15H,1,10-12H2,2-3H3,(H,23,26)(H,25,27)/b24-15-. The van der Waals surface area contributed by atoms with Crippen molar-refractivity contribution < 1.29 is 23.8 Å². The van der Waals surface area contributed by atoms with Crippen LogP contribution in [0.5, 0.6) is 17.2 Å². The predicted octanol–water partition coefficient (Wildman–Crippen LogP) is 2.08. The fraction of sp³-hybridized carbons (Fsp3) is 0.227. The van der Waals surface area contributed by atoms with Crippen LogP contribution in [0.15, 0.2) is 60.2 Å². The number of carbonyl (C=O) groups excluding carboxylic acids is 2. The minimum absolute atomic E-state index is 0.286. The first-order chi connectivity index (χ1) is 14.6. The van der Waals surface area contributed by atoms with Gasteiger partial charge in [0.2, 0.25) is 0 Å². The van der Waals surface area contributed by atoms with Crippen molar-refractivity contribution in [3.63, 3.8) is 0 Å². The zero-order valence-electron chi connectivity index (χ0n) is 17.0. The predicted molar refractivity (Wildman–Crippen MR) is 114 cm³/mol. The van der Waals surface area contributed by atoms with Gasteiger partial charge in [-0.15, -0.1) is 0 Å². The second-order valence-electron chi connectivity index (χ2n) is 6.07. The molecule has 158 valence electrons. The molecule has 0 spiro atoms. The second-order valence-corrected chi connectivity index (χ2v) is 6.07. The molecule has 0 saturated carbocycles. The molecule has 2 aromatic carbocycles. The smallest absolute Gasteiger partial charge is 0.329 e. The van der Waals surface area contributed by atoms with Gasteiger partial charge in [-0.1, -0.05) is 30.9 Å². The van der Waals surface area contributed by atoms with E-state index in [-0.39, 0.29) is 6.54 Å². The van der Waals surface area contributed by atoms with E-state index in [1.54, 1.807) is 50.6 Å². The summed E-state index contributed by atoms with van der Waals surface area (Å²) in [5, 5.41) is 6.35. The van der Waals surface area contributed by atoms with Gasteiger partial charge in [0.15, 0.2) is 11.5 Å². The molecule has 0 fully saturated rings. The Bertz CT molecular complexity index is 911. The molecule has 30 heavy (non-hydrogen) atoms. The number of carbonyl (C=O) groups is 2. The van der Waals surface area contributed by atoms with Gasteiger partial charge >= 0.3 is 11.8 Å². The van der Waals surface area contributed by atoms with Crippen LogP contribution in [0.2, 0.25) is 0 Å². The highest BCUT2D eigenvalue weighted by atomic mass is 16.5. The van der Waals surface area contributed by atoms with Crippen LogP contribution in [0, 0.1) is 0 Å². The lowest BCUT2D eigenvalue weighted by atomic mass is 10.1. The van der Waals surface area contributed by atoms with Gasteiger partial charge in [0.05, 0.1) is 20.4 Å². The Morgan fingerprint density at radius 3 is 2.60 bits per heavy atom. The molecule has 2 aromatic rings. The quantitative estimate of drug-likeness (QED) is 0.270. The van der Waals surface area contributed by atoms with Crippen LogP contribution >= 0.6 is 0 Å². The highest BCUT2D eigenvalue weighted by Crippen LogP contribution is 2.27. The van der Waals surface area contributed by atoms with Crippen LogP contribution in [0.25, 0.3) is 0 Å². The Labute approximate surface area is 175 Å². The monoisotopic (exact) mass is 411 g/mol. The van der Waals surface area contributed by atoms with Gasteiger partial charge in [0.25, 0.3) is 0 Å². The fourth-order valence-corrected chi connectivity index (χ4v) is 2.49. The van der Waals surface area contributed by atoms with Crippen molar-refractivity contribution in [2.45, 2.75) is 6.42 Å². The highest BCUT2D eigenvalue weighted by molar-refractivity contribution is 6.35. The molecule has 0 saturated heterocycles. The molecule has 2 N–H and O–H groups in total. The summed E-state index contributed by atoms with van der Waals surface area (Å²) in [7, 11) is 3.12. The Hall–Kier alpha value is -3.81. The van der Waals surface area contributed by atoms with Crippen LogP contribution in [0.4, 0.5) is 0 Å². The minimum Gasteiger partial charge on any atom is -0.493 e. The summed E-state index contributed by atoms with van der Waals surface area (Å²) < 4.78 is 15.9. The Kier molecular flexibility index (Phi) is 8.92. The van der Waals surface area contributed by atoms with Crippen molar-refractivity contribution in [1.82, 2.24) is 10.7 Å². The Morgan fingerprint density at radius 2 is 1.87 bits per heavy atom. The molecule has 0 heterocycles. The molecule has 0 aliphatic carbocycles. The molecule has 0 atom stereocenters. The zero-order valence-corrected chi connectivity index (χ0v) is 17.0. The van der Waals surface area contributed by atoms with Crippen molar-refractivity contribution in [3.05, 3.63) is 66.2 Å². The number of hydrogen-bond donors (Lipinski definition) is 2. The second kappa shape index (κ2) is 11.9. The van der Waals surface area contributed by atoms with Gasteiger partial charge in [-0.25, -0.2) is 5.43 Å². The Morgan fingerprint density at radius 1 is 1.07 bits per heavy atom. The van der Waals surface area contributed by atoms with Gasteiger partial charge in [-0.2, -0.15) is 5.10 Å². The summed E-state index contributed by atoms with van der Waals surface area (Å²) >= 11 is 0. The molecule has 0 radical (unpaired) electrons. The van der Waals surface area contributed by atoms with Crippen LogP contribution in [0.3, 0.4) is 0 Å². The first-order valence-corrected chi connectivity index (χ1v) is 9.23. The van der Waals surface area contributed by atoms with Crippen LogP contribution in [-0.4, -0.2) is 45.4 Å². The largest absolute Gasteiger partial charge is 0.493 e. The molecule has 2 rings (SSSR count). The topological polar surface area (TPSA) is 98.2 Å². The maximum Gasteiger partial charge on any atom is 0.329 e. The van der Waals surface area contributed by atoms with E-state index in [0.717, 1.165) is 5.56 Å². The van der Waals surface area contributed by atoms with E-state index >= 15 is 0 Å². The van der Waals surface area contributed by atoms with Gasteiger partial charge in [-0.3, -0.25) is 9.59 Å². The van der Waals surface area contributed by atoms with Gasteiger partial charge in [0.1, 0.15) is 12.4 Å². The molecule has 0 aromatic heterocycles. The van der Waals surface area contributed by atoms with E-state index in [1.165, 1.54) is 6.21 Å². The number of rotatable bonds is 10. The summed E-state index contributed by atoms with van der Waals surface area (Å²) in [6.45, 7) is 4.26. The summed E-state index contributed by atoms with van der Waals surface area (Å²) in [5.41, 5.74) is 3.85. The molecule has 8 nitrogen and oxygen atoms in total. The molecule has 0 unspecified atom stereocenters. The molecule has 0 aliphatic rings. The fourth-order valence-electron chi connectivity index (χ4n) is 2.49. The lowest BCUT2D eigenvalue weighted by molar-refractivity contribution is -0.139. The number of nitrogens with one attached hydrogen (secondary N) is 2. The lowest BCUT2D eigenvalue weighted by Gasteiger charge is -2.10. The van der Waals surface area contributed by atoms with E-state index in [1.807, 2.05) is 12.1 Å². The number of benzene rings is 2. The first-order valence-electron chi connectivity index (χ1n) is 9.23. The summed E-state index contributed by atoms with van der Waals surface area (Å²) in [4.78, 5) is 23.8. The zero-order chi connectivity index (χ0) is 21.8. The number of ether oxygens (including phenoxy) is 3. The molecular weight excluding hydrogens is 386 g/mol. The molecule has 0 bridgehead atoms. The summed E-state index contributed by atoms with van der Waals surface area (Å²) in [5.74, 6) is 0.263. The van der Waals surface area contributed by atoms with Crippen molar-refractivity contribution in [2.75, 3.05) is 27.4 Å². The minimum atomic E-state index is -0.849. The molecule has 2 amide bonds. The Balaban J connectivity index is 1.79. The summed E-state index contributed by atoms with van der Waals surface area (Å²) in [6, 6.07) is 12.6. The number of nitrogens with zero attached hydrogens (tertiary/aromatic N) is 1. The summed E-state index contributed by atoms with van der Waals surface area (Å²) in [6.07, 6.45) is 3.60. The van der Waals surface area contributed by atoms with Gasteiger partial charge in [-0.05, 0) is 41.8 Å². The van der Waals surface area contributed by atoms with Crippen molar-refractivity contribution in [3.8, 4) is 17.2 Å².